The maximum Gasteiger partial charge on any atom is 0.321 e. The third kappa shape index (κ3) is 4.16. The zero-order valence-electron chi connectivity index (χ0n) is 15.2. The Bertz CT molecular complexity index is 1060. The molecule has 2 aromatic carbocycles. The van der Waals surface area contributed by atoms with E-state index in [-0.39, 0.29) is 11.6 Å². The molecule has 144 valence electrons. The predicted molar refractivity (Wildman–Crippen MR) is 110 cm³/mol. The van der Waals surface area contributed by atoms with E-state index in [1.807, 2.05) is 24.3 Å². The maximum absolute atomic E-state index is 12.4. The van der Waals surface area contributed by atoms with Gasteiger partial charge in [-0.2, -0.15) is 0 Å². The first-order chi connectivity index (χ1) is 13.6. The quantitative estimate of drug-likeness (QED) is 0.712. The SMILES string of the molecule is O=C(Nc1cccc(Cl)c1)N1CCN(Cc2nc3ccccc3c(=O)[nH]2)CC1. The second-order valence-corrected chi connectivity index (χ2v) is 7.17. The molecular weight excluding hydrogens is 378 g/mol. The fourth-order valence-corrected chi connectivity index (χ4v) is 3.49. The second kappa shape index (κ2) is 8.00. The number of nitrogens with zero attached hydrogens (tertiary/aromatic N) is 3. The molecule has 1 aliphatic heterocycles. The largest absolute Gasteiger partial charge is 0.322 e. The monoisotopic (exact) mass is 397 g/mol. The lowest BCUT2D eigenvalue weighted by molar-refractivity contribution is 0.141. The highest BCUT2D eigenvalue weighted by atomic mass is 35.5. The van der Waals surface area contributed by atoms with Crippen molar-refractivity contribution in [3.63, 3.8) is 0 Å². The molecule has 1 saturated heterocycles. The van der Waals surface area contributed by atoms with Crippen molar-refractivity contribution in [2.24, 2.45) is 0 Å². The molecule has 2 amide bonds. The summed E-state index contributed by atoms with van der Waals surface area (Å²) in [5.41, 5.74) is 1.25. The van der Waals surface area contributed by atoms with Gasteiger partial charge in [0, 0.05) is 36.9 Å². The number of piperazine rings is 1. The van der Waals surface area contributed by atoms with Gasteiger partial charge in [-0.15, -0.1) is 0 Å². The van der Waals surface area contributed by atoms with E-state index in [0.29, 0.717) is 60.2 Å². The molecule has 2 heterocycles. The number of benzene rings is 2. The molecule has 0 bridgehead atoms. The lowest BCUT2D eigenvalue weighted by Crippen LogP contribution is -2.49. The van der Waals surface area contributed by atoms with Crippen molar-refractivity contribution in [3.8, 4) is 0 Å². The Kier molecular flexibility index (Phi) is 5.27. The van der Waals surface area contributed by atoms with Crippen molar-refractivity contribution in [1.82, 2.24) is 19.8 Å². The van der Waals surface area contributed by atoms with Gasteiger partial charge in [-0.25, -0.2) is 9.78 Å². The van der Waals surface area contributed by atoms with E-state index in [1.54, 1.807) is 29.2 Å². The number of para-hydroxylation sites is 1. The minimum atomic E-state index is -0.140. The smallest absolute Gasteiger partial charge is 0.321 e. The van der Waals surface area contributed by atoms with Crippen LogP contribution >= 0.6 is 11.6 Å². The van der Waals surface area contributed by atoms with Gasteiger partial charge in [-0.3, -0.25) is 9.69 Å². The van der Waals surface area contributed by atoms with Gasteiger partial charge in [0.2, 0.25) is 0 Å². The molecule has 7 nitrogen and oxygen atoms in total. The Morgan fingerprint density at radius 2 is 1.89 bits per heavy atom. The number of H-pyrrole nitrogens is 1. The van der Waals surface area contributed by atoms with Crippen LogP contribution in [0.3, 0.4) is 0 Å². The Hall–Kier alpha value is -2.90. The van der Waals surface area contributed by atoms with Crippen LogP contribution < -0.4 is 10.9 Å². The van der Waals surface area contributed by atoms with E-state index in [2.05, 4.69) is 20.2 Å². The molecule has 4 rings (SSSR count). The standard InChI is InChI=1S/C20H20ClN5O2/c21-14-4-3-5-15(12-14)22-20(28)26-10-8-25(9-11-26)13-18-23-17-7-2-1-6-16(17)19(27)24-18/h1-7,12H,8-11,13H2,(H,22,28)(H,23,24,27). The predicted octanol–water partition coefficient (Wildman–Crippen LogP) is 2.93. The van der Waals surface area contributed by atoms with Crippen LogP contribution in [0.1, 0.15) is 5.82 Å². The molecule has 0 atom stereocenters. The van der Waals surface area contributed by atoms with Crippen LogP contribution in [0, 0.1) is 0 Å². The zero-order chi connectivity index (χ0) is 19.5. The molecule has 8 heteroatoms. The van der Waals surface area contributed by atoms with Crippen LogP contribution in [-0.2, 0) is 6.54 Å². The Morgan fingerprint density at radius 1 is 1.11 bits per heavy atom. The van der Waals surface area contributed by atoms with Gasteiger partial charge in [0.1, 0.15) is 5.82 Å². The number of amides is 2. The van der Waals surface area contributed by atoms with E-state index in [0.717, 1.165) is 0 Å². The first-order valence-corrected chi connectivity index (χ1v) is 9.48. The molecule has 1 fully saturated rings. The van der Waals surface area contributed by atoms with Crippen LogP contribution in [0.15, 0.2) is 53.3 Å². The first kappa shape index (κ1) is 18.5. The molecule has 1 aromatic heterocycles. The van der Waals surface area contributed by atoms with Crippen molar-refractivity contribution in [2.45, 2.75) is 6.54 Å². The molecule has 0 spiro atoms. The lowest BCUT2D eigenvalue weighted by Gasteiger charge is -2.34. The highest BCUT2D eigenvalue weighted by Crippen LogP contribution is 2.16. The fourth-order valence-electron chi connectivity index (χ4n) is 3.30. The summed E-state index contributed by atoms with van der Waals surface area (Å²) >= 11 is 5.95. The van der Waals surface area contributed by atoms with Gasteiger partial charge < -0.3 is 15.2 Å². The number of urea groups is 1. The fraction of sp³-hybridized carbons (Fsp3) is 0.250. The molecule has 3 aromatic rings. The summed E-state index contributed by atoms with van der Waals surface area (Å²) in [6, 6.07) is 14.3. The average molecular weight is 398 g/mol. The van der Waals surface area contributed by atoms with Crippen molar-refractivity contribution in [3.05, 3.63) is 69.7 Å². The summed E-state index contributed by atoms with van der Waals surface area (Å²) in [4.78, 5) is 36.0. The first-order valence-electron chi connectivity index (χ1n) is 9.10. The van der Waals surface area contributed by atoms with Crippen LogP contribution in [0.2, 0.25) is 5.02 Å². The molecule has 0 aliphatic carbocycles. The lowest BCUT2D eigenvalue weighted by atomic mass is 10.2. The summed E-state index contributed by atoms with van der Waals surface area (Å²) in [5.74, 6) is 0.639. The number of aromatic amines is 1. The number of fused-ring (bicyclic) bond motifs is 1. The Labute approximate surface area is 166 Å². The summed E-state index contributed by atoms with van der Waals surface area (Å²) < 4.78 is 0. The number of carbonyl (C=O) groups is 1. The van der Waals surface area contributed by atoms with E-state index in [9.17, 15) is 9.59 Å². The minimum Gasteiger partial charge on any atom is -0.322 e. The molecule has 0 radical (unpaired) electrons. The second-order valence-electron chi connectivity index (χ2n) is 6.73. The van der Waals surface area contributed by atoms with Crippen molar-refractivity contribution in [1.29, 1.82) is 0 Å². The molecular formula is C20H20ClN5O2. The third-order valence-electron chi connectivity index (χ3n) is 4.77. The molecule has 28 heavy (non-hydrogen) atoms. The Balaban J connectivity index is 1.35. The minimum absolute atomic E-state index is 0.125. The summed E-state index contributed by atoms with van der Waals surface area (Å²) in [7, 11) is 0. The molecule has 0 saturated carbocycles. The summed E-state index contributed by atoms with van der Waals surface area (Å²) in [6.45, 7) is 3.16. The van der Waals surface area contributed by atoms with Crippen molar-refractivity contribution in [2.75, 3.05) is 31.5 Å². The third-order valence-corrected chi connectivity index (χ3v) is 5.01. The summed E-state index contributed by atoms with van der Waals surface area (Å²) in [6.07, 6.45) is 0. The van der Waals surface area contributed by atoms with Gasteiger partial charge in [0.25, 0.3) is 5.56 Å². The number of hydrogen-bond donors (Lipinski definition) is 2. The van der Waals surface area contributed by atoms with E-state index < -0.39 is 0 Å². The van der Waals surface area contributed by atoms with Gasteiger partial charge >= 0.3 is 6.03 Å². The topological polar surface area (TPSA) is 81.3 Å². The number of aromatic nitrogens is 2. The summed E-state index contributed by atoms with van der Waals surface area (Å²) in [5, 5.41) is 4.04. The van der Waals surface area contributed by atoms with E-state index >= 15 is 0 Å². The van der Waals surface area contributed by atoms with Gasteiger partial charge in [-0.1, -0.05) is 29.8 Å². The normalized spacial score (nSPS) is 15.0. The maximum atomic E-state index is 12.4. The van der Waals surface area contributed by atoms with Gasteiger partial charge in [0.05, 0.1) is 17.4 Å². The molecule has 2 N–H and O–H groups in total. The van der Waals surface area contributed by atoms with Crippen LogP contribution in [-0.4, -0.2) is 52.0 Å². The van der Waals surface area contributed by atoms with Gasteiger partial charge in [-0.05, 0) is 30.3 Å². The van der Waals surface area contributed by atoms with Gasteiger partial charge in [0.15, 0.2) is 0 Å². The number of nitrogens with one attached hydrogen (secondary N) is 2. The number of rotatable bonds is 3. The number of halogens is 1. The van der Waals surface area contributed by atoms with Crippen LogP contribution in [0.4, 0.5) is 10.5 Å². The highest BCUT2D eigenvalue weighted by molar-refractivity contribution is 6.30. The number of carbonyl (C=O) groups excluding carboxylic acids is 1. The zero-order valence-corrected chi connectivity index (χ0v) is 15.9. The Morgan fingerprint density at radius 3 is 2.68 bits per heavy atom. The van der Waals surface area contributed by atoms with Crippen molar-refractivity contribution >= 4 is 34.2 Å². The van der Waals surface area contributed by atoms with Crippen molar-refractivity contribution < 1.29 is 4.79 Å². The molecule has 1 aliphatic rings. The van der Waals surface area contributed by atoms with E-state index in [1.165, 1.54) is 0 Å². The van der Waals surface area contributed by atoms with Crippen LogP contribution in [0.5, 0.6) is 0 Å². The average Bonchev–Trinajstić information content (AvgIpc) is 2.68. The van der Waals surface area contributed by atoms with E-state index in [4.69, 9.17) is 11.6 Å². The van der Waals surface area contributed by atoms with Crippen LogP contribution in [0.25, 0.3) is 10.9 Å². The number of anilines is 1. The molecule has 0 unspecified atom stereocenters. The highest BCUT2D eigenvalue weighted by Gasteiger charge is 2.22. The number of hydrogen-bond acceptors (Lipinski definition) is 4.